The van der Waals surface area contributed by atoms with Gasteiger partial charge in [-0.1, -0.05) is 54.6 Å². The molecule has 4 aromatic rings. The third-order valence-electron chi connectivity index (χ3n) is 8.14. The van der Waals surface area contributed by atoms with Gasteiger partial charge in [0.05, 0.1) is 23.8 Å². The summed E-state index contributed by atoms with van der Waals surface area (Å²) in [6.45, 7) is 0.507. The summed E-state index contributed by atoms with van der Waals surface area (Å²) in [5, 5.41) is 1.23. The molecule has 9 nitrogen and oxygen atoms in total. The number of nitrogens with zero attached hydrogens (tertiary/aromatic N) is 2. The monoisotopic (exact) mass is 668 g/mol. The minimum absolute atomic E-state index is 0. The lowest BCUT2D eigenvalue weighted by atomic mass is 9.84. The van der Waals surface area contributed by atoms with E-state index in [2.05, 4.69) is 0 Å². The van der Waals surface area contributed by atoms with Crippen molar-refractivity contribution in [2.45, 2.75) is 32.1 Å². The number of amides is 3. The second-order valence-corrected chi connectivity index (χ2v) is 11.3. The van der Waals surface area contributed by atoms with Gasteiger partial charge in [-0.25, -0.2) is 0 Å². The van der Waals surface area contributed by atoms with Crippen LogP contribution in [0.5, 0.6) is 5.75 Å². The first-order valence-electron chi connectivity index (χ1n) is 14.3. The zero-order chi connectivity index (χ0) is 33.4. The molecular formula is C34H32ClF3N4O5. The van der Waals surface area contributed by atoms with Crippen molar-refractivity contribution in [2.75, 3.05) is 23.0 Å². The largest absolute Gasteiger partial charge is 0.484 e. The Hall–Kier alpha value is -4.94. The number of halogens is 4. The number of alkyl halides is 3. The summed E-state index contributed by atoms with van der Waals surface area (Å²) in [5.74, 6) is -3.85. The Morgan fingerprint density at radius 1 is 0.894 bits per heavy atom. The number of hydrogen-bond donors (Lipinski definition) is 2. The molecule has 0 saturated carbocycles. The molecule has 1 unspecified atom stereocenters. The standard InChI is InChI=1S/C34H31F3N4O5.ClH/c1-20(42)21-11-13-23(14-12-21)30(43)41-18-26(33(2,39)32(38)45)31(44)40(27-9-5-6-10-28(27)41)17-25-24-8-4-3-7-22(24)15-16-29(25)46-19-34(35,36)37;/h3-16,26H,17-19,39H2,1-2H3,(H2,38,45);1H/t26-,33?;/m1./s1. The van der Waals surface area contributed by atoms with Crippen molar-refractivity contribution in [3.05, 3.63) is 102 Å². The highest BCUT2D eigenvalue weighted by Gasteiger charge is 2.47. The zero-order valence-corrected chi connectivity index (χ0v) is 26.2. The van der Waals surface area contributed by atoms with Crippen LogP contribution in [0.15, 0.2) is 84.9 Å². The topological polar surface area (TPSA) is 136 Å². The number of ether oxygens (including phenoxy) is 1. The molecule has 246 valence electrons. The predicted octanol–water partition coefficient (Wildman–Crippen LogP) is 5.42. The van der Waals surface area contributed by atoms with E-state index in [4.69, 9.17) is 16.2 Å². The van der Waals surface area contributed by atoms with Crippen molar-refractivity contribution in [1.82, 2.24) is 0 Å². The predicted molar refractivity (Wildman–Crippen MR) is 174 cm³/mol. The molecule has 5 rings (SSSR count). The summed E-state index contributed by atoms with van der Waals surface area (Å²) in [6.07, 6.45) is -4.62. The molecular weight excluding hydrogens is 637 g/mol. The molecule has 2 atom stereocenters. The number of Topliss-reactive ketones (excluding diaryl/α,β-unsaturated/α-hetero) is 1. The molecule has 0 bridgehead atoms. The molecule has 13 heteroatoms. The summed E-state index contributed by atoms with van der Waals surface area (Å²) in [5.41, 5.74) is 11.6. The van der Waals surface area contributed by atoms with Crippen molar-refractivity contribution in [2.24, 2.45) is 17.4 Å². The van der Waals surface area contributed by atoms with Gasteiger partial charge in [0, 0.05) is 23.2 Å². The van der Waals surface area contributed by atoms with Crippen LogP contribution in [0.25, 0.3) is 10.8 Å². The summed E-state index contributed by atoms with van der Waals surface area (Å²) >= 11 is 0. The zero-order valence-electron chi connectivity index (χ0n) is 25.4. The van der Waals surface area contributed by atoms with Crippen LogP contribution in [-0.2, 0) is 16.1 Å². The van der Waals surface area contributed by atoms with E-state index in [0.717, 1.165) is 0 Å². The molecule has 1 heterocycles. The van der Waals surface area contributed by atoms with E-state index in [1.165, 1.54) is 54.0 Å². The van der Waals surface area contributed by atoms with Crippen LogP contribution >= 0.6 is 12.4 Å². The number of hydrogen-bond acceptors (Lipinski definition) is 6. The van der Waals surface area contributed by atoms with Gasteiger partial charge in [0.1, 0.15) is 11.3 Å². The Bertz CT molecular complexity index is 1850. The Morgan fingerprint density at radius 3 is 2.11 bits per heavy atom. The number of fused-ring (bicyclic) bond motifs is 2. The molecule has 0 spiro atoms. The highest BCUT2D eigenvalue weighted by Crippen LogP contribution is 2.40. The number of nitrogens with two attached hydrogens (primary N) is 2. The van der Waals surface area contributed by atoms with Crippen LogP contribution in [0.2, 0.25) is 0 Å². The van der Waals surface area contributed by atoms with Crippen LogP contribution in [0, 0.1) is 5.92 Å². The van der Waals surface area contributed by atoms with Gasteiger partial charge in [-0.15, -0.1) is 12.4 Å². The van der Waals surface area contributed by atoms with E-state index < -0.39 is 42.0 Å². The Kier molecular flexibility index (Phi) is 9.98. The Labute approximate surface area is 274 Å². The highest BCUT2D eigenvalue weighted by atomic mass is 35.5. The van der Waals surface area contributed by atoms with E-state index >= 15 is 0 Å². The average molecular weight is 669 g/mol. The fourth-order valence-electron chi connectivity index (χ4n) is 5.50. The van der Waals surface area contributed by atoms with Gasteiger partial charge in [0.2, 0.25) is 11.8 Å². The number of ketones is 1. The minimum Gasteiger partial charge on any atom is -0.484 e. The summed E-state index contributed by atoms with van der Waals surface area (Å²) in [4.78, 5) is 55.6. The number of carbonyl (C=O) groups is 4. The van der Waals surface area contributed by atoms with Crippen LogP contribution in [0.4, 0.5) is 24.5 Å². The van der Waals surface area contributed by atoms with E-state index in [9.17, 15) is 32.3 Å². The van der Waals surface area contributed by atoms with E-state index in [0.29, 0.717) is 16.3 Å². The number of primary amides is 1. The van der Waals surface area contributed by atoms with Gasteiger partial charge in [-0.2, -0.15) is 13.2 Å². The third-order valence-corrected chi connectivity index (χ3v) is 8.14. The van der Waals surface area contributed by atoms with Crippen LogP contribution in [-0.4, -0.2) is 48.4 Å². The third kappa shape index (κ3) is 7.08. The number of benzene rings is 4. The van der Waals surface area contributed by atoms with Crippen LogP contribution in [0.1, 0.15) is 40.1 Å². The van der Waals surface area contributed by atoms with Gasteiger partial charge >= 0.3 is 6.18 Å². The first-order valence-corrected chi connectivity index (χ1v) is 14.3. The summed E-state index contributed by atoms with van der Waals surface area (Å²) in [7, 11) is 0. The van der Waals surface area contributed by atoms with Gasteiger partial charge in [-0.3, -0.25) is 19.2 Å². The second-order valence-electron chi connectivity index (χ2n) is 11.3. The number of carbonyl (C=O) groups excluding carboxylic acids is 4. The van der Waals surface area contributed by atoms with Gasteiger partial charge in [0.15, 0.2) is 12.4 Å². The molecule has 0 saturated heterocycles. The molecule has 0 radical (unpaired) electrons. The first-order chi connectivity index (χ1) is 21.7. The Morgan fingerprint density at radius 2 is 1.49 bits per heavy atom. The van der Waals surface area contributed by atoms with Gasteiger partial charge in [0.25, 0.3) is 5.91 Å². The quantitative estimate of drug-likeness (QED) is 0.241. The highest BCUT2D eigenvalue weighted by molar-refractivity contribution is 6.13. The lowest BCUT2D eigenvalue weighted by Crippen LogP contribution is -2.62. The molecule has 1 aliphatic rings. The van der Waals surface area contributed by atoms with Crippen molar-refractivity contribution >= 4 is 58.1 Å². The SMILES string of the molecule is CC(=O)c1ccc(C(=O)N2C[C@@H](C(C)(N)C(N)=O)C(=O)N(Cc3c(OCC(F)(F)F)ccc4ccccc34)c3ccccc32)cc1.Cl. The van der Waals surface area contributed by atoms with Gasteiger partial charge in [-0.05, 0) is 55.0 Å². The first kappa shape index (κ1) is 34.9. The van der Waals surface area contributed by atoms with Crippen molar-refractivity contribution in [1.29, 1.82) is 0 Å². The van der Waals surface area contributed by atoms with Crippen molar-refractivity contribution in [3.63, 3.8) is 0 Å². The molecule has 3 amide bonds. The van der Waals surface area contributed by atoms with E-state index in [-0.39, 0.29) is 59.5 Å². The Balaban J connectivity index is 0.00000500. The number of anilines is 2. The smallest absolute Gasteiger partial charge is 0.422 e. The van der Waals surface area contributed by atoms with Crippen LogP contribution in [0.3, 0.4) is 0 Å². The molecule has 47 heavy (non-hydrogen) atoms. The number of rotatable bonds is 8. The van der Waals surface area contributed by atoms with Crippen molar-refractivity contribution < 1.29 is 37.1 Å². The lowest BCUT2D eigenvalue weighted by Gasteiger charge is -2.34. The summed E-state index contributed by atoms with van der Waals surface area (Å²) < 4.78 is 44.9. The van der Waals surface area contributed by atoms with E-state index in [1.807, 2.05) is 0 Å². The molecule has 0 aliphatic carbocycles. The molecule has 0 aromatic heterocycles. The fraction of sp³-hybridized carbons (Fsp3) is 0.235. The second kappa shape index (κ2) is 13.4. The van der Waals surface area contributed by atoms with Crippen LogP contribution < -0.4 is 26.0 Å². The summed E-state index contributed by atoms with van der Waals surface area (Å²) in [6, 6.07) is 22.5. The van der Waals surface area contributed by atoms with Crippen molar-refractivity contribution in [3.8, 4) is 5.75 Å². The maximum Gasteiger partial charge on any atom is 0.422 e. The average Bonchev–Trinajstić information content (AvgIpc) is 3.14. The van der Waals surface area contributed by atoms with E-state index in [1.54, 1.807) is 54.6 Å². The number of para-hydroxylation sites is 2. The molecule has 4 aromatic carbocycles. The molecule has 4 N–H and O–H groups in total. The molecule has 1 aliphatic heterocycles. The minimum atomic E-state index is -4.62. The normalized spacial score (nSPS) is 16.0. The fourth-order valence-corrected chi connectivity index (χ4v) is 5.50. The maximum absolute atomic E-state index is 14.5. The molecule has 0 fully saturated rings. The lowest BCUT2D eigenvalue weighted by molar-refractivity contribution is -0.153. The maximum atomic E-state index is 14.5. The van der Waals surface area contributed by atoms with Gasteiger partial charge < -0.3 is 26.0 Å².